The van der Waals surface area contributed by atoms with Crippen LogP contribution in [0, 0.1) is 17.8 Å². The van der Waals surface area contributed by atoms with Crippen LogP contribution in [-0.4, -0.2) is 29.6 Å². The van der Waals surface area contributed by atoms with Gasteiger partial charge < -0.3 is 16.2 Å². The molecule has 4 N–H and O–H groups in total. The third kappa shape index (κ3) is 1.71. The van der Waals surface area contributed by atoms with Crippen molar-refractivity contribution in [3.8, 4) is 0 Å². The lowest BCUT2D eigenvalue weighted by Gasteiger charge is -2.28. The van der Waals surface area contributed by atoms with Gasteiger partial charge in [0.1, 0.15) is 0 Å². The van der Waals surface area contributed by atoms with Crippen LogP contribution >= 0.6 is 0 Å². The summed E-state index contributed by atoms with van der Waals surface area (Å²) >= 11 is 0. The van der Waals surface area contributed by atoms with Crippen LogP contribution in [-0.2, 0) is 9.59 Å². The molecule has 2 aliphatic carbocycles. The summed E-state index contributed by atoms with van der Waals surface area (Å²) in [5, 5.41) is 11.9. The molecule has 0 aromatic carbocycles. The van der Waals surface area contributed by atoms with Gasteiger partial charge in [-0.25, -0.2) is 0 Å². The van der Waals surface area contributed by atoms with Crippen molar-refractivity contribution in [3.05, 3.63) is 0 Å². The van der Waals surface area contributed by atoms with Crippen molar-refractivity contribution in [2.75, 3.05) is 6.54 Å². The number of aliphatic carboxylic acids is 1. The molecule has 5 nitrogen and oxygen atoms in total. The molecule has 0 spiro atoms. The highest BCUT2D eigenvalue weighted by atomic mass is 16.4. The number of hydrogen-bond acceptors (Lipinski definition) is 3. The van der Waals surface area contributed by atoms with Crippen LogP contribution in [0.25, 0.3) is 0 Å². The maximum atomic E-state index is 11.2. The molecule has 0 aromatic heterocycles. The summed E-state index contributed by atoms with van der Waals surface area (Å²) in [6, 6.07) is -0.197. The Morgan fingerprint density at radius 2 is 2.00 bits per heavy atom. The molecular formula is C10H16N2O3. The van der Waals surface area contributed by atoms with E-state index in [9.17, 15) is 9.59 Å². The van der Waals surface area contributed by atoms with Crippen molar-refractivity contribution in [1.82, 2.24) is 5.32 Å². The van der Waals surface area contributed by atoms with Crippen LogP contribution in [0.4, 0.5) is 0 Å². The summed E-state index contributed by atoms with van der Waals surface area (Å²) < 4.78 is 0. The van der Waals surface area contributed by atoms with Gasteiger partial charge in [-0.1, -0.05) is 0 Å². The lowest BCUT2D eigenvalue weighted by atomic mass is 9.84. The highest BCUT2D eigenvalue weighted by molar-refractivity contribution is 5.80. The number of amides is 1. The predicted molar refractivity (Wildman–Crippen MR) is 52.9 cm³/mol. The Labute approximate surface area is 88.0 Å². The van der Waals surface area contributed by atoms with Crippen molar-refractivity contribution in [3.63, 3.8) is 0 Å². The number of carbonyl (C=O) groups is 2. The first kappa shape index (κ1) is 10.4. The van der Waals surface area contributed by atoms with E-state index in [0.29, 0.717) is 5.92 Å². The highest BCUT2D eigenvalue weighted by Crippen LogP contribution is 2.48. The van der Waals surface area contributed by atoms with E-state index in [4.69, 9.17) is 10.8 Å². The molecule has 2 fully saturated rings. The first-order valence-electron chi connectivity index (χ1n) is 5.35. The SMILES string of the molecule is NCC(=O)NC1C2CCC(C2)C1C(=O)O. The van der Waals surface area contributed by atoms with Crippen molar-refractivity contribution in [2.45, 2.75) is 25.3 Å². The van der Waals surface area contributed by atoms with Crippen molar-refractivity contribution in [1.29, 1.82) is 0 Å². The molecule has 15 heavy (non-hydrogen) atoms. The van der Waals surface area contributed by atoms with Gasteiger partial charge in [0.2, 0.25) is 5.91 Å². The number of carboxylic acid groups (broad SMARTS) is 1. The zero-order chi connectivity index (χ0) is 11.0. The van der Waals surface area contributed by atoms with Crippen molar-refractivity contribution in [2.24, 2.45) is 23.5 Å². The Hall–Kier alpha value is -1.10. The largest absolute Gasteiger partial charge is 0.481 e. The summed E-state index contributed by atoms with van der Waals surface area (Å²) in [6.45, 7) is -0.0692. The summed E-state index contributed by atoms with van der Waals surface area (Å²) in [5.41, 5.74) is 5.21. The molecule has 5 heteroatoms. The van der Waals surface area contributed by atoms with E-state index in [2.05, 4.69) is 5.32 Å². The molecule has 2 rings (SSSR count). The maximum absolute atomic E-state index is 11.2. The second kappa shape index (κ2) is 3.81. The Morgan fingerprint density at radius 1 is 1.33 bits per heavy atom. The van der Waals surface area contributed by atoms with E-state index in [1.807, 2.05) is 0 Å². The topological polar surface area (TPSA) is 92.4 Å². The minimum Gasteiger partial charge on any atom is -0.481 e. The Kier molecular flexibility index (Phi) is 2.65. The summed E-state index contributed by atoms with van der Waals surface area (Å²) in [4.78, 5) is 22.3. The van der Waals surface area contributed by atoms with E-state index in [0.717, 1.165) is 19.3 Å². The third-order valence-electron chi connectivity index (χ3n) is 3.71. The first-order chi connectivity index (χ1) is 7.13. The van der Waals surface area contributed by atoms with E-state index in [1.165, 1.54) is 0 Å². The molecule has 1 amide bonds. The van der Waals surface area contributed by atoms with Gasteiger partial charge in [-0.2, -0.15) is 0 Å². The van der Waals surface area contributed by atoms with E-state index in [1.54, 1.807) is 0 Å². The van der Waals surface area contributed by atoms with Gasteiger partial charge in [0.25, 0.3) is 0 Å². The Morgan fingerprint density at radius 3 is 2.60 bits per heavy atom. The minimum atomic E-state index is -0.787. The number of carbonyl (C=O) groups excluding carboxylic acids is 1. The van der Waals surface area contributed by atoms with Gasteiger partial charge in [-0.3, -0.25) is 9.59 Å². The molecule has 4 atom stereocenters. The van der Waals surface area contributed by atoms with E-state index in [-0.39, 0.29) is 24.4 Å². The number of nitrogens with one attached hydrogen (secondary N) is 1. The van der Waals surface area contributed by atoms with E-state index < -0.39 is 11.9 Å². The smallest absolute Gasteiger partial charge is 0.308 e. The molecule has 0 radical (unpaired) electrons. The zero-order valence-corrected chi connectivity index (χ0v) is 8.48. The number of nitrogens with two attached hydrogens (primary N) is 1. The number of rotatable bonds is 3. The van der Waals surface area contributed by atoms with Gasteiger partial charge in [0.05, 0.1) is 12.5 Å². The Bertz CT molecular complexity index is 292. The molecule has 0 heterocycles. The third-order valence-corrected chi connectivity index (χ3v) is 3.71. The van der Waals surface area contributed by atoms with Gasteiger partial charge in [0.15, 0.2) is 0 Å². The molecule has 2 saturated carbocycles. The fourth-order valence-electron chi connectivity index (χ4n) is 3.10. The number of hydrogen-bond donors (Lipinski definition) is 3. The van der Waals surface area contributed by atoms with Crippen LogP contribution in [0.3, 0.4) is 0 Å². The maximum Gasteiger partial charge on any atom is 0.308 e. The Balaban J connectivity index is 2.08. The zero-order valence-electron chi connectivity index (χ0n) is 8.48. The van der Waals surface area contributed by atoms with Crippen molar-refractivity contribution >= 4 is 11.9 Å². The van der Waals surface area contributed by atoms with Gasteiger partial charge in [0, 0.05) is 6.04 Å². The lowest BCUT2D eigenvalue weighted by molar-refractivity contribution is -0.144. The molecule has 0 aliphatic heterocycles. The average Bonchev–Trinajstić information content (AvgIpc) is 2.77. The molecular weight excluding hydrogens is 196 g/mol. The molecule has 0 saturated heterocycles. The molecule has 2 bridgehead atoms. The average molecular weight is 212 g/mol. The van der Waals surface area contributed by atoms with Gasteiger partial charge >= 0.3 is 5.97 Å². The van der Waals surface area contributed by atoms with Crippen LogP contribution in [0.2, 0.25) is 0 Å². The summed E-state index contributed by atoms with van der Waals surface area (Å²) in [7, 11) is 0. The standard InChI is InChI=1S/C10H16N2O3/c11-4-7(13)12-9-6-2-1-5(3-6)8(9)10(14)15/h5-6,8-9H,1-4,11H2,(H,12,13)(H,14,15). The molecule has 4 unspecified atom stereocenters. The second-order valence-corrected chi connectivity index (χ2v) is 4.49. The fourth-order valence-corrected chi connectivity index (χ4v) is 3.10. The summed E-state index contributed by atoms with van der Waals surface area (Å²) in [5.74, 6) is -0.857. The lowest BCUT2D eigenvalue weighted by Crippen LogP contribution is -2.48. The van der Waals surface area contributed by atoms with Crippen LogP contribution in [0.1, 0.15) is 19.3 Å². The normalized spacial score (nSPS) is 37.9. The van der Waals surface area contributed by atoms with E-state index >= 15 is 0 Å². The van der Waals surface area contributed by atoms with Crippen molar-refractivity contribution < 1.29 is 14.7 Å². The first-order valence-corrected chi connectivity index (χ1v) is 5.35. The number of carboxylic acids is 1. The van der Waals surface area contributed by atoms with Crippen LogP contribution < -0.4 is 11.1 Å². The fraction of sp³-hybridized carbons (Fsp3) is 0.800. The second-order valence-electron chi connectivity index (χ2n) is 4.49. The molecule has 0 aromatic rings. The minimum absolute atomic E-state index is 0.0692. The number of fused-ring (bicyclic) bond motifs is 2. The highest BCUT2D eigenvalue weighted by Gasteiger charge is 2.51. The van der Waals surface area contributed by atoms with Crippen LogP contribution in [0.5, 0.6) is 0 Å². The van der Waals surface area contributed by atoms with Crippen LogP contribution in [0.15, 0.2) is 0 Å². The predicted octanol–water partition coefficient (Wildman–Crippen LogP) is -0.439. The monoisotopic (exact) mass is 212 g/mol. The quantitative estimate of drug-likeness (QED) is 0.591. The van der Waals surface area contributed by atoms with Gasteiger partial charge in [-0.15, -0.1) is 0 Å². The molecule has 84 valence electrons. The van der Waals surface area contributed by atoms with Gasteiger partial charge in [-0.05, 0) is 31.1 Å². The summed E-state index contributed by atoms with van der Waals surface area (Å²) in [6.07, 6.45) is 2.95. The molecule has 2 aliphatic rings.